The van der Waals surface area contributed by atoms with Crippen molar-refractivity contribution >= 4 is 17.5 Å². The molecule has 0 fully saturated rings. The number of methoxy groups -OCH3 is 1. The van der Waals surface area contributed by atoms with Gasteiger partial charge in [-0.15, -0.1) is 0 Å². The van der Waals surface area contributed by atoms with Crippen LogP contribution in [0, 0.1) is 0 Å². The first kappa shape index (κ1) is 11.8. The highest BCUT2D eigenvalue weighted by molar-refractivity contribution is 6.32. The molecule has 1 aromatic rings. The zero-order valence-corrected chi connectivity index (χ0v) is 9.17. The Kier molecular flexibility index (Phi) is 4.39. The summed E-state index contributed by atoms with van der Waals surface area (Å²) >= 11 is 5.88. The number of carbonyl (C=O) groups is 1. The Hall–Kier alpha value is -1.26. The monoisotopic (exact) mass is 228 g/mol. The molecule has 0 saturated carbocycles. The normalized spacial score (nSPS) is 9.80. The second-order valence-corrected chi connectivity index (χ2v) is 3.30. The Morgan fingerprint density at radius 3 is 2.87 bits per heavy atom. The quantitative estimate of drug-likeness (QED) is 0.809. The fourth-order valence-corrected chi connectivity index (χ4v) is 1.35. The zero-order chi connectivity index (χ0) is 11.3. The average molecular weight is 229 g/mol. The third-order valence-corrected chi connectivity index (χ3v) is 2.14. The van der Waals surface area contributed by atoms with E-state index in [1.54, 1.807) is 18.2 Å². The number of halogens is 1. The van der Waals surface area contributed by atoms with E-state index in [-0.39, 0.29) is 5.91 Å². The van der Waals surface area contributed by atoms with Gasteiger partial charge in [-0.05, 0) is 18.2 Å². The number of amides is 1. The maximum atomic E-state index is 11.5. The second kappa shape index (κ2) is 5.58. The lowest BCUT2D eigenvalue weighted by atomic mass is 10.2. The summed E-state index contributed by atoms with van der Waals surface area (Å²) in [7, 11) is 1.52. The van der Waals surface area contributed by atoms with Gasteiger partial charge in [0.1, 0.15) is 5.75 Å². The molecular weight excluding hydrogens is 216 g/mol. The SMILES string of the molecule is COc1ccc(C(=O)NCCN)cc1Cl. The number of hydrogen-bond donors (Lipinski definition) is 2. The van der Waals surface area contributed by atoms with Crippen molar-refractivity contribution in [2.24, 2.45) is 5.73 Å². The minimum absolute atomic E-state index is 0.190. The summed E-state index contributed by atoms with van der Waals surface area (Å²) < 4.78 is 4.98. The lowest BCUT2D eigenvalue weighted by Crippen LogP contribution is -2.28. The molecule has 0 aromatic heterocycles. The molecule has 0 atom stereocenters. The molecule has 0 radical (unpaired) electrons. The van der Waals surface area contributed by atoms with Gasteiger partial charge in [0, 0.05) is 18.7 Å². The molecule has 82 valence electrons. The van der Waals surface area contributed by atoms with Crippen LogP contribution in [0.25, 0.3) is 0 Å². The van der Waals surface area contributed by atoms with Gasteiger partial charge in [-0.25, -0.2) is 0 Å². The highest BCUT2D eigenvalue weighted by Crippen LogP contribution is 2.24. The molecule has 0 aliphatic rings. The molecule has 0 unspecified atom stereocenters. The molecule has 0 saturated heterocycles. The molecule has 5 heteroatoms. The van der Waals surface area contributed by atoms with E-state index in [4.69, 9.17) is 22.1 Å². The maximum absolute atomic E-state index is 11.5. The van der Waals surface area contributed by atoms with E-state index < -0.39 is 0 Å². The van der Waals surface area contributed by atoms with E-state index in [1.807, 2.05) is 0 Å². The van der Waals surface area contributed by atoms with Crippen LogP contribution < -0.4 is 15.8 Å². The molecule has 1 aromatic carbocycles. The van der Waals surface area contributed by atoms with Crippen molar-refractivity contribution in [1.29, 1.82) is 0 Å². The van der Waals surface area contributed by atoms with Gasteiger partial charge >= 0.3 is 0 Å². The topological polar surface area (TPSA) is 64.3 Å². The van der Waals surface area contributed by atoms with Gasteiger partial charge in [-0.1, -0.05) is 11.6 Å². The van der Waals surface area contributed by atoms with Gasteiger partial charge in [-0.2, -0.15) is 0 Å². The molecule has 4 nitrogen and oxygen atoms in total. The molecular formula is C10H13ClN2O2. The van der Waals surface area contributed by atoms with Crippen molar-refractivity contribution in [2.45, 2.75) is 0 Å². The van der Waals surface area contributed by atoms with Gasteiger partial charge < -0.3 is 15.8 Å². The first-order valence-electron chi connectivity index (χ1n) is 4.51. The smallest absolute Gasteiger partial charge is 0.251 e. The number of nitrogens with two attached hydrogens (primary N) is 1. The molecule has 0 spiro atoms. The van der Waals surface area contributed by atoms with Gasteiger partial charge in [0.25, 0.3) is 5.91 Å². The second-order valence-electron chi connectivity index (χ2n) is 2.89. The highest BCUT2D eigenvalue weighted by Gasteiger charge is 2.07. The maximum Gasteiger partial charge on any atom is 0.251 e. The van der Waals surface area contributed by atoms with Crippen molar-refractivity contribution in [3.05, 3.63) is 28.8 Å². The van der Waals surface area contributed by atoms with E-state index >= 15 is 0 Å². The number of rotatable bonds is 4. The van der Waals surface area contributed by atoms with Crippen LogP contribution in [-0.2, 0) is 0 Å². The van der Waals surface area contributed by atoms with Crippen molar-refractivity contribution in [3.8, 4) is 5.75 Å². The van der Waals surface area contributed by atoms with Crippen molar-refractivity contribution < 1.29 is 9.53 Å². The van der Waals surface area contributed by atoms with Crippen LogP contribution in [0.3, 0.4) is 0 Å². The van der Waals surface area contributed by atoms with Crippen LogP contribution >= 0.6 is 11.6 Å². The average Bonchev–Trinajstić information content (AvgIpc) is 2.25. The summed E-state index contributed by atoms with van der Waals surface area (Å²) in [6.07, 6.45) is 0. The number of carbonyl (C=O) groups excluding carboxylic acids is 1. The number of ether oxygens (including phenoxy) is 1. The Morgan fingerprint density at radius 2 is 2.33 bits per heavy atom. The number of nitrogens with one attached hydrogen (secondary N) is 1. The van der Waals surface area contributed by atoms with Crippen molar-refractivity contribution in [3.63, 3.8) is 0 Å². The molecule has 15 heavy (non-hydrogen) atoms. The molecule has 0 heterocycles. The lowest BCUT2D eigenvalue weighted by Gasteiger charge is -2.06. The van der Waals surface area contributed by atoms with Gasteiger partial charge in [-0.3, -0.25) is 4.79 Å². The van der Waals surface area contributed by atoms with Crippen LogP contribution in [0.2, 0.25) is 5.02 Å². The fraction of sp³-hybridized carbons (Fsp3) is 0.300. The summed E-state index contributed by atoms with van der Waals surface area (Å²) in [5, 5.41) is 3.06. The molecule has 1 rings (SSSR count). The standard InChI is InChI=1S/C10H13ClN2O2/c1-15-9-3-2-7(6-8(9)11)10(14)13-5-4-12/h2-3,6H,4-5,12H2,1H3,(H,13,14). The van der Waals surface area contributed by atoms with E-state index in [0.29, 0.717) is 29.4 Å². The van der Waals surface area contributed by atoms with E-state index in [9.17, 15) is 4.79 Å². The lowest BCUT2D eigenvalue weighted by molar-refractivity contribution is 0.0954. The van der Waals surface area contributed by atoms with Crippen LogP contribution in [0.4, 0.5) is 0 Å². The van der Waals surface area contributed by atoms with Crippen LogP contribution in [-0.4, -0.2) is 26.1 Å². The predicted octanol–water partition coefficient (Wildman–Crippen LogP) is 1.04. The predicted molar refractivity (Wildman–Crippen MR) is 59.4 cm³/mol. The third-order valence-electron chi connectivity index (χ3n) is 1.84. The number of hydrogen-bond acceptors (Lipinski definition) is 3. The number of benzene rings is 1. The molecule has 3 N–H and O–H groups in total. The molecule has 1 amide bonds. The Labute approximate surface area is 93.4 Å². The Morgan fingerprint density at radius 1 is 1.60 bits per heavy atom. The van der Waals surface area contributed by atoms with Gasteiger partial charge in [0.2, 0.25) is 0 Å². The summed E-state index contributed by atoms with van der Waals surface area (Å²) in [5.41, 5.74) is 5.76. The summed E-state index contributed by atoms with van der Waals surface area (Å²) in [6, 6.07) is 4.86. The van der Waals surface area contributed by atoms with Crippen molar-refractivity contribution in [2.75, 3.05) is 20.2 Å². The first-order chi connectivity index (χ1) is 7.19. The van der Waals surface area contributed by atoms with Gasteiger partial charge in [0.15, 0.2) is 0 Å². The Balaban J connectivity index is 2.78. The molecule has 0 aliphatic heterocycles. The molecule has 0 aliphatic carbocycles. The molecule has 0 bridgehead atoms. The van der Waals surface area contributed by atoms with Gasteiger partial charge in [0.05, 0.1) is 12.1 Å². The first-order valence-corrected chi connectivity index (χ1v) is 4.88. The van der Waals surface area contributed by atoms with E-state index in [2.05, 4.69) is 5.32 Å². The Bertz CT molecular complexity index is 355. The van der Waals surface area contributed by atoms with Crippen LogP contribution in [0.15, 0.2) is 18.2 Å². The minimum atomic E-state index is -0.190. The highest BCUT2D eigenvalue weighted by atomic mass is 35.5. The van der Waals surface area contributed by atoms with E-state index in [0.717, 1.165) is 0 Å². The van der Waals surface area contributed by atoms with Crippen LogP contribution in [0.1, 0.15) is 10.4 Å². The summed E-state index contributed by atoms with van der Waals surface area (Å²) in [6.45, 7) is 0.859. The van der Waals surface area contributed by atoms with Crippen molar-refractivity contribution in [1.82, 2.24) is 5.32 Å². The largest absolute Gasteiger partial charge is 0.495 e. The zero-order valence-electron chi connectivity index (χ0n) is 8.42. The fourth-order valence-electron chi connectivity index (χ4n) is 1.10. The third kappa shape index (κ3) is 3.11. The summed E-state index contributed by atoms with van der Waals surface area (Å²) in [5.74, 6) is 0.358. The summed E-state index contributed by atoms with van der Waals surface area (Å²) in [4.78, 5) is 11.5. The van der Waals surface area contributed by atoms with E-state index in [1.165, 1.54) is 7.11 Å². The minimum Gasteiger partial charge on any atom is -0.495 e. The van der Waals surface area contributed by atoms with Crippen LogP contribution in [0.5, 0.6) is 5.75 Å².